The Labute approximate surface area is 142 Å². The predicted molar refractivity (Wildman–Crippen MR) is 88.7 cm³/mol. The van der Waals surface area contributed by atoms with E-state index < -0.39 is 23.0 Å². The number of amides is 3. The van der Waals surface area contributed by atoms with Crippen molar-refractivity contribution in [2.75, 3.05) is 0 Å². The van der Waals surface area contributed by atoms with E-state index in [2.05, 4.69) is 16.8 Å². The molecule has 126 valence electrons. The standard InChI is InChI=1S/C15H16FN5O2S/c1-3-8-21-12(10-6-4-5-7-11(10)16)19-20-15(21)24-9(2)13(22)18-14(17)23/h3-7,9H,1,8H2,2H3,(H3,17,18,22,23)/t9-/m0/s1. The van der Waals surface area contributed by atoms with E-state index in [-0.39, 0.29) is 0 Å². The molecule has 3 amide bonds. The fourth-order valence-electron chi connectivity index (χ4n) is 1.95. The van der Waals surface area contributed by atoms with Gasteiger partial charge in [-0.25, -0.2) is 9.18 Å². The van der Waals surface area contributed by atoms with Crippen molar-refractivity contribution in [3.63, 3.8) is 0 Å². The zero-order chi connectivity index (χ0) is 17.7. The Bertz CT molecular complexity index is 777. The zero-order valence-electron chi connectivity index (χ0n) is 12.9. The minimum absolute atomic E-state index is 0.299. The fraction of sp³-hybridized carbons (Fsp3) is 0.200. The average molecular weight is 349 g/mol. The summed E-state index contributed by atoms with van der Waals surface area (Å²) >= 11 is 1.08. The molecule has 0 aliphatic heterocycles. The van der Waals surface area contributed by atoms with Crippen molar-refractivity contribution in [2.24, 2.45) is 5.73 Å². The average Bonchev–Trinajstić information content (AvgIpc) is 2.90. The van der Waals surface area contributed by atoms with Crippen molar-refractivity contribution in [1.82, 2.24) is 20.1 Å². The predicted octanol–water partition coefficient (Wildman–Crippen LogP) is 1.95. The van der Waals surface area contributed by atoms with Gasteiger partial charge in [0, 0.05) is 6.54 Å². The van der Waals surface area contributed by atoms with Gasteiger partial charge in [-0.3, -0.25) is 14.7 Å². The van der Waals surface area contributed by atoms with Crippen LogP contribution in [0, 0.1) is 5.82 Å². The second-order valence-corrected chi connectivity index (χ2v) is 6.11. The van der Waals surface area contributed by atoms with E-state index in [9.17, 15) is 14.0 Å². The van der Waals surface area contributed by atoms with E-state index in [1.807, 2.05) is 5.32 Å². The maximum atomic E-state index is 14.0. The lowest BCUT2D eigenvalue weighted by molar-refractivity contribution is -0.119. The Morgan fingerprint density at radius 3 is 2.79 bits per heavy atom. The number of benzene rings is 1. The summed E-state index contributed by atoms with van der Waals surface area (Å²) in [5, 5.41) is 9.81. The molecule has 0 saturated carbocycles. The maximum Gasteiger partial charge on any atom is 0.318 e. The van der Waals surface area contributed by atoms with Gasteiger partial charge in [0.25, 0.3) is 0 Å². The number of hydrogen-bond acceptors (Lipinski definition) is 5. The molecule has 2 rings (SSSR count). The van der Waals surface area contributed by atoms with Crippen LogP contribution in [0.3, 0.4) is 0 Å². The summed E-state index contributed by atoms with van der Waals surface area (Å²) in [6, 6.07) is 5.28. The third-order valence-electron chi connectivity index (χ3n) is 3.04. The summed E-state index contributed by atoms with van der Waals surface area (Å²) < 4.78 is 15.7. The van der Waals surface area contributed by atoms with Gasteiger partial charge < -0.3 is 5.73 Å². The Morgan fingerprint density at radius 2 is 2.17 bits per heavy atom. The van der Waals surface area contributed by atoms with E-state index in [1.165, 1.54) is 6.07 Å². The number of urea groups is 1. The van der Waals surface area contributed by atoms with Crippen LogP contribution in [0.15, 0.2) is 42.1 Å². The number of primary amides is 1. The van der Waals surface area contributed by atoms with Crippen LogP contribution in [-0.2, 0) is 11.3 Å². The molecule has 1 heterocycles. The lowest BCUT2D eigenvalue weighted by atomic mass is 10.2. The first kappa shape index (κ1) is 17.7. The lowest BCUT2D eigenvalue weighted by Crippen LogP contribution is -2.39. The molecule has 2 aromatic rings. The van der Waals surface area contributed by atoms with E-state index in [1.54, 1.807) is 35.8 Å². The number of nitrogens with one attached hydrogen (secondary N) is 1. The summed E-state index contributed by atoms with van der Waals surface area (Å²) in [4.78, 5) is 22.5. The molecule has 0 radical (unpaired) electrons. The molecular formula is C15H16FN5O2S. The summed E-state index contributed by atoms with van der Waals surface area (Å²) in [6.45, 7) is 5.60. The Kier molecular flexibility index (Phi) is 5.69. The SMILES string of the molecule is C=CCn1c(S[C@@H](C)C(=O)NC(N)=O)nnc1-c1ccccc1F. The second-order valence-electron chi connectivity index (χ2n) is 4.80. The van der Waals surface area contributed by atoms with Crippen molar-refractivity contribution < 1.29 is 14.0 Å². The zero-order valence-corrected chi connectivity index (χ0v) is 13.7. The number of carbonyl (C=O) groups is 2. The van der Waals surface area contributed by atoms with E-state index in [4.69, 9.17) is 5.73 Å². The van der Waals surface area contributed by atoms with Gasteiger partial charge in [0.05, 0.1) is 10.8 Å². The first-order valence-corrected chi connectivity index (χ1v) is 7.88. The minimum atomic E-state index is -0.924. The number of thioether (sulfide) groups is 1. The molecule has 0 spiro atoms. The number of halogens is 1. The number of carbonyl (C=O) groups excluding carboxylic acids is 2. The number of aromatic nitrogens is 3. The van der Waals surface area contributed by atoms with Crippen molar-refractivity contribution in [1.29, 1.82) is 0 Å². The number of rotatable bonds is 6. The van der Waals surface area contributed by atoms with Crippen LogP contribution in [0.4, 0.5) is 9.18 Å². The Balaban J connectivity index is 2.32. The topological polar surface area (TPSA) is 103 Å². The van der Waals surface area contributed by atoms with Crippen LogP contribution in [0.25, 0.3) is 11.4 Å². The molecule has 9 heteroatoms. The van der Waals surface area contributed by atoms with Crippen molar-refractivity contribution >= 4 is 23.7 Å². The van der Waals surface area contributed by atoms with Crippen LogP contribution in [0.1, 0.15) is 6.92 Å². The number of nitrogens with two attached hydrogens (primary N) is 1. The Hall–Kier alpha value is -2.68. The van der Waals surface area contributed by atoms with Crippen molar-refractivity contribution in [2.45, 2.75) is 23.9 Å². The third-order valence-corrected chi connectivity index (χ3v) is 4.12. The van der Waals surface area contributed by atoms with Gasteiger partial charge in [-0.1, -0.05) is 30.0 Å². The molecule has 24 heavy (non-hydrogen) atoms. The number of allylic oxidation sites excluding steroid dienone is 1. The summed E-state index contributed by atoms with van der Waals surface area (Å²) in [7, 11) is 0. The van der Waals surface area contributed by atoms with Crippen LogP contribution < -0.4 is 11.1 Å². The van der Waals surface area contributed by atoms with Crippen molar-refractivity contribution in [3.05, 3.63) is 42.7 Å². The first-order valence-electron chi connectivity index (χ1n) is 7.00. The highest BCUT2D eigenvalue weighted by Crippen LogP contribution is 2.28. The highest BCUT2D eigenvalue weighted by molar-refractivity contribution is 8.00. The molecule has 1 atom stereocenters. The monoisotopic (exact) mass is 349 g/mol. The number of nitrogens with zero attached hydrogens (tertiary/aromatic N) is 3. The normalized spacial score (nSPS) is 11.8. The molecule has 0 unspecified atom stereocenters. The summed E-state index contributed by atoms with van der Waals surface area (Å²) in [5.74, 6) is -0.641. The van der Waals surface area contributed by atoms with E-state index in [0.29, 0.717) is 23.1 Å². The van der Waals surface area contributed by atoms with Gasteiger partial charge in [-0.2, -0.15) is 0 Å². The second kappa shape index (κ2) is 7.73. The molecule has 0 fully saturated rings. The fourth-order valence-corrected chi connectivity index (χ4v) is 2.80. The van der Waals surface area contributed by atoms with Gasteiger partial charge in [0.15, 0.2) is 11.0 Å². The highest BCUT2D eigenvalue weighted by atomic mass is 32.2. The van der Waals surface area contributed by atoms with Crippen LogP contribution in [0.2, 0.25) is 0 Å². The van der Waals surface area contributed by atoms with Gasteiger partial charge in [-0.15, -0.1) is 16.8 Å². The molecule has 0 aliphatic rings. The minimum Gasteiger partial charge on any atom is -0.351 e. The van der Waals surface area contributed by atoms with Gasteiger partial charge in [-0.05, 0) is 19.1 Å². The highest BCUT2D eigenvalue weighted by Gasteiger charge is 2.22. The molecule has 0 aliphatic carbocycles. The maximum absolute atomic E-state index is 14.0. The third kappa shape index (κ3) is 3.99. The van der Waals surface area contributed by atoms with Crippen LogP contribution >= 0.6 is 11.8 Å². The molecule has 0 saturated heterocycles. The molecule has 0 bridgehead atoms. The number of imide groups is 1. The smallest absolute Gasteiger partial charge is 0.318 e. The summed E-state index contributed by atoms with van der Waals surface area (Å²) in [6.07, 6.45) is 1.62. The summed E-state index contributed by atoms with van der Waals surface area (Å²) in [5.41, 5.74) is 5.23. The molecule has 7 nitrogen and oxygen atoms in total. The quantitative estimate of drug-likeness (QED) is 0.613. The molecule has 1 aromatic heterocycles. The first-order chi connectivity index (χ1) is 11.4. The largest absolute Gasteiger partial charge is 0.351 e. The van der Waals surface area contributed by atoms with E-state index in [0.717, 1.165) is 11.8 Å². The molecule has 1 aromatic carbocycles. The van der Waals surface area contributed by atoms with Crippen LogP contribution in [-0.4, -0.2) is 32.0 Å². The molecular weight excluding hydrogens is 333 g/mol. The lowest BCUT2D eigenvalue weighted by Gasteiger charge is -2.11. The van der Waals surface area contributed by atoms with Gasteiger partial charge in [0.1, 0.15) is 5.82 Å². The van der Waals surface area contributed by atoms with Gasteiger partial charge >= 0.3 is 6.03 Å². The Morgan fingerprint density at radius 1 is 1.46 bits per heavy atom. The number of hydrogen-bond donors (Lipinski definition) is 2. The van der Waals surface area contributed by atoms with Crippen molar-refractivity contribution in [3.8, 4) is 11.4 Å². The van der Waals surface area contributed by atoms with E-state index >= 15 is 0 Å². The molecule has 3 N–H and O–H groups in total. The van der Waals surface area contributed by atoms with Crippen LogP contribution in [0.5, 0.6) is 0 Å². The van der Waals surface area contributed by atoms with Gasteiger partial charge in [0.2, 0.25) is 5.91 Å².